The number of aliphatic hydroxyl groups excluding tert-OH is 1. The van der Waals surface area contributed by atoms with Crippen LogP contribution in [-0.2, 0) is 21.4 Å². The molecule has 1 aliphatic rings. The molecule has 0 unspecified atom stereocenters. The SMILES string of the molecule is C[C@H]1CN([C@@H](C)CO)C(=O)c2ccccc2-c2ccccc2CO[C@@H]1CN(C)S(C)(=O)=O. The van der Waals surface area contributed by atoms with Crippen molar-refractivity contribution in [3.8, 4) is 11.1 Å². The summed E-state index contributed by atoms with van der Waals surface area (Å²) in [6.07, 6.45) is 0.726. The molecule has 1 N–H and O–H groups in total. The van der Waals surface area contributed by atoms with Crippen molar-refractivity contribution in [2.24, 2.45) is 5.92 Å². The third-order valence-electron chi connectivity index (χ3n) is 6.10. The first-order valence-electron chi connectivity index (χ1n) is 10.8. The molecule has 7 nitrogen and oxygen atoms in total. The van der Waals surface area contributed by atoms with Gasteiger partial charge in [0, 0.05) is 31.6 Å². The first-order chi connectivity index (χ1) is 15.1. The molecular weight excluding hydrogens is 428 g/mol. The third-order valence-corrected chi connectivity index (χ3v) is 7.38. The fraction of sp³-hybridized carbons (Fsp3) is 0.458. The maximum atomic E-state index is 13.7. The summed E-state index contributed by atoms with van der Waals surface area (Å²) < 4.78 is 31.6. The van der Waals surface area contributed by atoms with Gasteiger partial charge in [-0.25, -0.2) is 12.7 Å². The number of sulfonamides is 1. The van der Waals surface area contributed by atoms with Gasteiger partial charge in [-0.1, -0.05) is 49.4 Å². The predicted octanol–water partition coefficient (Wildman–Crippen LogP) is 2.60. The number of likely N-dealkylation sites (N-methyl/N-ethyl adjacent to an activating group) is 1. The Hall–Kier alpha value is -2.26. The molecular formula is C24H32N2O5S. The molecule has 174 valence electrons. The van der Waals surface area contributed by atoms with E-state index < -0.39 is 22.2 Å². The van der Waals surface area contributed by atoms with Crippen LogP contribution in [0.2, 0.25) is 0 Å². The molecule has 0 fully saturated rings. The second-order valence-corrected chi connectivity index (χ2v) is 10.7. The zero-order valence-corrected chi connectivity index (χ0v) is 19.9. The molecule has 3 rings (SSSR count). The van der Waals surface area contributed by atoms with Crippen molar-refractivity contribution in [2.75, 3.05) is 33.0 Å². The van der Waals surface area contributed by atoms with Gasteiger partial charge < -0.3 is 14.7 Å². The number of aliphatic hydroxyl groups is 1. The summed E-state index contributed by atoms with van der Waals surface area (Å²) in [6.45, 7) is 4.37. The molecule has 1 heterocycles. The predicted molar refractivity (Wildman–Crippen MR) is 125 cm³/mol. The van der Waals surface area contributed by atoms with E-state index in [0.29, 0.717) is 18.7 Å². The molecule has 0 saturated carbocycles. The highest BCUT2D eigenvalue weighted by atomic mass is 32.2. The molecule has 0 bridgehead atoms. The van der Waals surface area contributed by atoms with Crippen LogP contribution in [0.25, 0.3) is 11.1 Å². The molecule has 32 heavy (non-hydrogen) atoms. The first kappa shape index (κ1) is 24.4. The minimum Gasteiger partial charge on any atom is -0.394 e. The normalized spacial score (nSPS) is 20.9. The van der Waals surface area contributed by atoms with Crippen LogP contribution < -0.4 is 0 Å². The Kier molecular flexibility index (Phi) is 7.71. The van der Waals surface area contributed by atoms with E-state index >= 15 is 0 Å². The third kappa shape index (κ3) is 5.38. The van der Waals surface area contributed by atoms with Gasteiger partial charge in [0.15, 0.2) is 0 Å². The van der Waals surface area contributed by atoms with Crippen LogP contribution in [0.1, 0.15) is 29.8 Å². The van der Waals surface area contributed by atoms with Crippen molar-refractivity contribution < 1.29 is 23.1 Å². The molecule has 2 aromatic carbocycles. The number of ether oxygens (including phenoxy) is 1. The summed E-state index contributed by atoms with van der Waals surface area (Å²) in [7, 11) is -1.86. The summed E-state index contributed by atoms with van der Waals surface area (Å²) in [5.41, 5.74) is 3.21. The van der Waals surface area contributed by atoms with Crippen LogP contribution in [0.5, 0.6) is 0 Å². The van der Waals surface area contributed by atoms with Crippen molar-refractivity contribution >= 4 is 15.9 Å². The van der Waals surface area contributed by atoms with E-state index in [1.165, 1.54) is 17.6 Å². The number of carbonyl (C=O) groups is 1. The van der Waals surface area contributed by atoms with Crippen LogP contribution in [-0.4, -0.2) is 73.8 Å². The number of nitrogens with zero attached hydrogens (tertiary/aromatic N) is 2. The van der Waals surface area contributed by atoms with Gasteiger partial charge >= 0.3 is 0 Å². The maximum Gasteiger partial charge on any atom is 0.254 e. The molecule has 1 amide bonds. The maximum absolute atomic E-state index is 13.7. The Morgan fingerprint density at radius 2 is 1.72 bits per heavy atom. The number of hydrogen-bond acceptors (Lipinski definition) is 5. The number of amides is 1. The molecule has 1 aliphatic heterocycles. The van der Waals surface area contributed by atoms with Gasteiger partial charge in [0.2, 0.25) is 10.0 Å². The lowest BCUT2D eigenvalue weighted by Gasteiger charge is -2.34. The lowest BCUT2D eigenvalue weighted by Crippen LogP contribution is -2.47. The van der Waals surface area contributed by atoms with Crippen molar-refractivity contribution in [1.29, 1.82) is 0 Å². The average Bonchev–Trinajstić information content (AvgIpc) is 2.79. The van der Waals surface area contributed by atoms with Crippen molar-refractivity contribution in [2.45, 2.75) is 32.6 Å². The number of benzene rings is 2. The lowest BCUT2D eigenvalue weighted by molar-refractivity contribution is -0.0145. The smallest absolute Gasteiger partial charge is 0.254 e. The summed E-state index contributed by atoms with van der Waals surface area (Å²) in [5.74, 6) is -0.338. The second kappa shape index (κ2) is 10.1. The van der Waals surface area contributed by atoms with E-state index in [-0.39, 0.29) is 25.0 Å². The summed E-state index contributed by atoms with van der Waals surface area (Å²) in [6, 6.07) is 14.8. The van der Waals surface area contributed by atoms with Gasteiger partial charge in [0.05, 0.1) is 31.6 Å². The summed E-state index contributed by atoms with van der Waals surface area (Å²) in [4.78, 5) is 15.3. The Labute approximate surface area is 190 Å². The molecule has 3 atom stereocenters. The van der Waals surface area contributed by atoms with Gasteiger partial charge in [-0.3, -0.25) is 4.79 Å². The highest BCUT2D eigenvalue weighted by Gasteiger charge is 2.31. The fourth-order valence-electron chi connectivity index (χ4n) is 3.94. The zero-order valence-electron chi connectivity index (χ0n) is 19.1. The Morgan fingerprint density at radius 3 is 2.34 bits per heavy atom. The number of rotatable bonds is 5. The largest absolute Gasteiger partial charge is 0.394 e. The highest BCUT2D eigenvalue weighted by molar-refractivity contribution is 7.88. The van der Waals surface area contributed by atoms with E-state index in [2.05, 4.69) is 0 Å². The van der Waals surface area contributed by atoms with Crippen LogP contribution in [0, 0.1) is 5.92 Å². The number of hydrogen-bond donors (Lipinski definition) is 1. The van der Waals surface area contributed by atoms with Crippen molar-refractivity contribution in [1.82, 2.24) is 9.21 Å². The Morgan fingerprint density at radius 1 is 1.12 bits per heavy atom. The van der Waals surface area contributed by atoms with E-state index in [0.717, 1.165) is 16.7 Å². The lowest BCUT2D eigenvalue weighted by atomic mass is 9.94. The molecule has 0 aliphatic carbocycles. The van der Waals surface area contributed by atoms with Gasteiger partial charge in [-0.2, -0.15) is 0 Å². The molecule has 0 aromatic heterocycles. The molecule has 0 spiro atoms. The van der Waals surface area contributed by atoms with Gasteiger partial charge in [0.1, 0.15) is 0 Å². The van der Waals surface area contributed by atoms with Gasteiger partial charge in [-0.15, -0.1) is 0 Å². The zero-order chi connectivity index (χ0) is 23.5. The van der Waals surface area contributed by atoms with E-state index in [1.807, 2.05) is 55.5 Å². The van der Waals surface area contributed by atoms with Crippen LogP contribution in [0.15, 0.2) is 48.5 Å². The van der Waals surface area contributed by atoms with E-state index in [1.54, 1.807) is 11.8 Å². The van der Waals surface area contributed by atoms with Crippen LogP contribution in [0.4, 0.5) is 0 Å². The Balaban J connectivity index is 2.11. The summed E-state index contributed by atoms with van der Waals surface area (Å²) in [5, 5.41) is 9.85. The van der Waals surface area contributed by atoms with Crippen molar-refractivity contribution in [3.05, 3.63) is 59.7 Å². The number of carbonyl (C=O) groups excluding carboxylic acids is 1. The number of fused-ring (bicyclic) bond motifs is 3. The van der Waals surface area contributed by atoms with Crippen molar-refractivity contribution in [3.63, 3.8) is 0 Å². The quantitative estimate of drug-likeness (QED) is 0.741. The summed E-state index contributed by atoms with van der Waals surface area (Å²) >= 11 is 0. The highest BCUT2D eigenvalue weighted by Crippen LogP contribution is 2.31. The monoisotopic (exact) mass is 460 g/mol. The van der Waals surface area contributed by atoms with Gasteiger partial charge in [0.25, 0.3) is 5.91 Å². The van der Waals surface area contributed by atoms with Crippen LogP contribution >= 0.6 is 0 Å². The molecule has 0 radical (unpaired) electrons. The minimum absolute atomic E-state index is 0.166. The first-order valence-corrected chi connectivity index (χ1v) is 12.6. The fourth-order valence-corrected chi connectivity index (χ4v) is 4.36. The average molecular weight is 461 g/mol. The standard InChI is InChI=1S/C24H32N2O5S/c1-17-13-26(18(2)15-27)24(28)22-12-8-7-11-21(22)20-10-6-5-9-19(20)16-31-23(17)14-25(3)32(4,29)30/h5-12,17-18,23,27H,13-16H2,1-4H3/t17-,18-,23+/m0/s1. The second-order valence-electron chi connectivity index (χ2n) is 8.56. The molecule has 2 aromatic rings. The van der Waals surface area contributed by atoms with E-state index in [4.69, 9.17) is 4.74 Å². The molecule has 8 heteroatoms. The minimum atomic E-state index is -3.39. The van der Waals surface area contributed by atoms with Crippen LogP contribution in [0.3, 0.4) is 0 Å². The Bertz CT molecular complexity index is 1060. The van der Waals surface area contributed by atoms with E-state index in [9.17, 15) is 18.3 Å². The molecule has 0 saturated heterocycles. The topological polar surface area (TPSA) is 87.2 Å². The van der Waals surface area contributed by atoms with Gasteiger partial charge in [-0.05, 0) is 29.7 Å².